The molecule has 0 saturated carbocycles. The molecule has 0 saturated heterocycles. The van der Waals surface area contributed by atoms with Crippen LogP contribution < -0.4 is 0 Å². The maximum Gasteiger partial charge on any atom is 0.330 e. The normalized spacial score (nSPS) is 21.0. The van der Waals surface area contributed by atoms with Gasteiger partial charge in [-0.1, -0.05) is 6.08 Å². The molecule has 0 aromatic rings. The van der Waals surface area contributed by atoms with Crippen LogP contribution in [0.1, 0.15) is 13.3 Å². The molecule has 15 heavy (non-hydrogen) atoms. The molecule has 1 aliphatic carbocycles. The van der Waals surface area contributed by atoms with Gasteiger partial charge in [-0.3, -0.25) is 0 Å². The first-order valence-electron chi connectivity index (χ1n) is 4.78. The van der Waals surface area contributed by atoms with Crippen LogP contribution in [-0.2, 0) is 9.53 Å². The number of rotatable bonds is 3. The van der Waals surface area contributed by atoms with Crippen molar-refractivity contribution >= 4 is 5.97 Å². The van der Waals surface area contributed by atoms with Crippen molar-refractivity contribution in [1.29, 1.82) is 0 Å². The average molecular weight is 210 g/mol. The lowest BCUT2D eigenvalue weighted by Gasteiger charge is -2.11. The number of aliphatic hydroxyl groups is 2. The summed E-state index contributed by atoms with van der Waals surface area (Å²) in [4.78, 5) is 11.0. The van der Waals surface area contributed by atoms with E-state index < -0.39 is 5.97 Å². The third-order valence-electron chi connectivity index (χ3n) is 1.98. The van der Waals surface area contributed by atoms with Gasteiger partial charge in [0.2, 0.25) is 0 Å². The van der Waals surface area contributed by atoms with E-state index in [1.54, 1.807) is 13.0 Å². The predicted molar refractivity (Wildman–Crippen MR) is 55.3 cm³/mol. The van der Waals surface area contributed by atoms with E-state index in [4.69, 9.17) is 9.84 Å². The molecule has 1 aliphatic rings. The van der Waals surface area contributed by atoms with Gasteiger partial charge in [0.15, 0.2) is 11.5 Å². The first-order chi connectivity index (χ1) is 7.13. The van der Waals surface area contributed by atoms with E-state index >= 15 is 0 Å². The zero-order chi connectivity index (χ0) is 11.3. The molecule has 2 N–H and O–H groups in total. The summed E-state index contributed by atoms with van der Waals surface area (Å²) in [6.07, 6.45) is 6.53. The predicted octanol–water partition coefficient (Wildman–Crippen LogP) is 2.01. The zero-order valence-corrected chi connectivity index (χ0v) is 8.51. The number of esters is 1. The van der Waals surface area contributed by atoms with Crippen LogP contribution in [0.3, 0.4) is 0 Å². The zero-order valence-electron chi connectivity index (χ0n) is 8.51. The molecule has 4 heteroatoms. The van der Waals surface area contributed by atoms with Gasteiger partial charge in [-0.25, -0.2) is 4.79 Å². The maximum atomic E-state index is 11.0. The number of hydrogen-bond acceptors (Lipinski definition) is 4. The van der Waals surface area contributed by atoms with Gasteiger partial charge in [-0.15, -0.1) is 0 Å². The first-order valence-corrected chi connectivity index (χ1v) is 4.78. The lowest BCUT2D eigenvalue weighted by Crippen LogP contribution is -2.04. The minimum atomic E-state index is -0.399. The fourth-order valence-electron chi connectivity index (χ4n) is 1.24. The number of allylic oxidation sites excluding steroid dienone is 3. The molecule has 0 amide bonds. The van der Waals surface area contributed by atoms with E-state index in [0.29, 0.717) is 13.0 Å². The van der Waals surface area contributed by atoms with Gasteiger partial charge in [-0.2, -0.15) is 0 Å². The van der Waals surface area contributed by atoms with Gasteiger partial charge in [-0.05, 0) is 25.5 Å². The smallest absolute Gasteiger partial charge is 0.330 e. The van der Waals surface area contributed by atoms with Crippen molar-refractivity contribution in [3.63, 3.8) is 0 Å². The van der Waals surface area contributed by atoms with Crippen LogP contribution >= 0.6 is 0 Å². The number of aliphatic hydroxyl groups excluding tert-OH is 2. The molecule has 0 radical (unpaired) electrons. The summed E-state index contributed by atoms with van der Waals surface area (Å²) in [6, 6.07) is 0. The summed E-state index contributed by atoms with van der Waals surface area (Å²) in [7, 11) is 0. The maximum absolute atomic E-state index is 11.0. The average Bonchev–Trinajstić information content (AvgIpc) is 2.20. The molecule has 0 spiro atoms. The molecule has 0 unspecified atom stereocenters. The molecule has 4 nitrogen and oxygen atoms in total. The van der Waals surface area contributed by atoms with Gasteiger partial charge >= 0.3 is 5.97 Å². The highest BCUT2D eigenvalue weighted by atomic mass is 16.5. The van der Waals surface area contributed by atoms with Crippen LogP contribution in [0.25, 0.3) is 0 Å². The Morgan fingerprint density at radius 2 is 2.33 bits per heavy atom. The Balaban J connectivity index is 2.52. The van der Waals surface area contributed by atoms with Crippen molar-refractivity contribution in [2.24, 2.45) is 5.92 Å². The first kappa shape index (κ1) is 11.4. The highest BCUT2D eigenvalue weighted by Crippen LogP contribution is 2.20. The fraction of sp³-hybridized carbons (Fsp3) is 0.364. The van der Waals surface area contributed by atoms with E-state index in [0.717, 1.165) is 0 Å². The molecule has 0 heterocycles. The summed E-state index contributed by atoms with van der Waals surface area (Å²) in [5.41, 5.74) is 0. The van der Waals surface area contributed by atoms with Crippen LogP contribution in [0.4, 0.5) is 0 Å². The van der Waals surface area contributed by atoms with Gasteiger partial charge in [0.25, 0.3) is 0 Å². The van der Waals surface area contributed by atoms with E-state index in [1.165, 1.54) is 18.2 Å². The van der Waals surface area contributed by atoms with Crippen molar-refractivity contribution in [1.82, 2.24) is 0 Å². The van der Waals surface area contributed by atoms with Crippen LogP contribution in [0.5, 0.6) is 0 Å². The largest absolute Gasteiger partial charge is 0.504 e. The minimum absolute atomic E-state index is 0.0784. The molecule has 1 rings (SSSR count). The molecular formula is C11H14O4. The quantitative estimate of drug-likeness (QED) is 0.552. The van der Waals surface area contributed by atoms with E-state index in [-0.39, 0.29) is 17.4 Å². The third kappa shape index (κ3) is 3.50. The van der Waals surface area contributed by atoms with Crippen LogP contribution in [0.2, 0.25) is 0 Å². The standard InChI is InChI=1S/C11H14O4/c1-2-15-11(14)6-4-8-3-5-9(12)10(13)7-8/h4-8,12-13H,2-3H2,1H3/b6-4+/t8-/m0/s1. The van der Waals surface area contributed by atoms with Crippen molar-refractivity contribution in [3.05, 3.63) is 35.8 Å². The van der Waals surface area contributed by atoms with Crippen LogP contribution in [0.15, 0.2) is 35.8 Å². The van der Waals surface area contributed by atoms with Crippen molar-refractivity contribution < 1.29 is 19.7 Å². The molecular weight excluding hydrogens is 196 g/mol. The van der Waals surface area contributed by atoms with Crippen molar-refractivity contribution in [3.8, 4) is 0 Å². The molecule has 0 fully saturated rings. The Morgan fingerprint density at radius 3 is 2.93 bits per heavy atom. The Bertz CT molecular complexity index is 325. The summed E-state index contributed by atoms with van der Waals surface area (Å²) in [5, 5.41) is 18.3. The van der Waals surface area contributed by atoms with Crippen LogP contribution in [-0.4, -0.2) is 22.8 Å². The lowest BCUT2D eigenvalue weighted by atomic mass is 9.98. The monoisotopic (exact) mass is 210 g/mol. The summed E-state index contributed by atoms with van der Waals surface area (Å²) < 4.78 is 4.71. The van der Waals surface area contributed by atoms with E-state index in [9.17, 15) is 9.90 Å². The summed E-state index contributed by atoms with van der Waals surface area (Å²) in [5.74, 6) is -0.745. The second-order valence-corrected chi connectivity index (χ2v) is 3.15. The second kappa shape index (κ2) is 5.24. The summed E-state index contributed by atoms with van der Waals surface area (Å²) in [6.45, 7) is 2.08. The fourth-order valence-corrected chi connectivity index (χ4v) is 1.24. The van der Waals surface area contributed by atoms with Gasteiger partial charge in [0, 0.05) is 12.0 Å². The molecule has 0 aromatic carbocycles. The van der Waals surface area contributed by atoms with Crippen molar-refractivity contribution in [2.75, 3.05) is 6.61 Å². The molecule has 0 bridgehead atoms. The summed E-state index contributed by atoms with van der Waals surface area (Å²) >= 11 is 0. The number of ether oxygens (including phenoxy) is 1. The molecule has 1 atom stereocenters. The van der Waals surface area contributed by atoms with E-state index in [1.807, 2.05) is 0 Å². The number of hydrogen-bond donors (Lipinski definition) is 2. The van der Waals surface area contributed by atoms with Crippen LogP contribution in [0, 0.1) is 5.92 Å². The molecule has 0 aromatic heterocycles. The minimum Gasteiger partial charge on any atom is -0.504 e. The highest BCUT2D eigenvalue weighted by Gasteiger charge is 2.11. The number of carbonyl (C=O) groups excluding carboxylic acids is 1. The van der Waals surface area contributed by atoms with E-state index in [2.05, 4.69) is 0 Å². The number of carbonyl (C=O) groups is 1. The Hall–Kier alpha value is -1.71. The van der Waals surface area contributed by atoms with Crippen molar-refractivity contribution in [2.45, 2.75) is 13.3 Å². The molecule has 82 valence electrons. The lowest BCUT2D eigenvalue weighted by molar-refractivity contribution is -0.137. The Labute approximate surface area is 88.2 Å². The van der Waals surface area contributed by atoms with Gasteiger partial charge < -0.3 is 14.9 Å². The Morgan fingerprint density at radius 1 is 1.60 bits per heavy atom. The van der Waals surface area contributed by atoms with Gasteiger partial charge in [0.1, 0.15) is 0 Å². The molecule has 0 aliphatic heterocycles. The SMILES string of the molecule is CCOC(=O)/C=C/[C@H]1C=C(O)C(O)=CC1. The van der Waals surface area contributed by atoms with Gasteiger partial charge in [0.05, 0.1) is 6.61 Å². The Kier molecular flexibility index (Phi) is 3.97. The third-order valence-corrected chi connectivity index (χ3v) is 1.98. The topological polar surface area (TPSA) is 66.8 Å². The highest BCUT2D eigenvalue weighted by molar-refractivity contribution is 5.81. The second-order valence-electron chi connectivity index (χ2n) is 3.15.